The molecule has 0 saturated carbocycles. The van der Waals surface area contributed by atoms with Gasteiger partial charge in [-0.15, -0.1) is 0 Å². The van der Waals surface area contributed by atoms with Gasteiger partial charge in [0.1, 0.15) is 16.9 Å². The van der Waals surface area contributed by atoms with E-state index in [9.17, 15) is 19.2 Å². The Morgan fingerprint density at radius 1 is 1.21 bits per heavy atom. The summed E-state index contributed by atoms with van der Waals surface area (Å²) in [6.07, 6.45) is 0.345. The van der Waals surface area contributed by atoms with E-state index < -0.39 is 11.2 Å². The Hall–Kier alpha value is -3.11. The summed E-state index contributed by atoms with van der Waals surface area (Å²) in [5, 5.41) is 9.25. The minimum atomic E-state index is -0.760. The van der Waals surface area contributed by atoms with Gasteiger partial charge in [0.25, 0.3) is 0 Å². The third-order valence-electron chi connectivity index (χ3n) is 4.11. The predicted octanol–water partition coefficient (Wildman–Crippen LogP) is 3.82. The van der Waals surface area contributed by atoms with Crippen LogP contribution in [0.3, 0.4) is 0 Å². The number of esters is 1. The molecule has 1 aliphatic rings. The fourth-order valence-corrected chi connectivity index (χ4v) is 4.12. The fraction of sp³-hybridized carbons (Fsp3) is 0.190. The zero-order valence-corrected chi connectivity index (χ0v) is 15.9. The molecule has 0 aromatic heterocycles. The molecule has 1 atom stereocenters. The van der Waals surface area contributed by atoms with Gasteiger partial charge >= 0.3 is 5.97 Å². The first-order valence-corrected chi connectivity index (χ1v) is 9.54. The third-order valence-corrected chi connectivity index (χ3v) is 5.37. The van der Waals surface area contributed by atoms with Crippen molar-refractivity contribution >= 4 is 29.3 Å². The fourth-order valence-electron chi connectivity index (χ4n) is 2.82. The topological polar surface area (TPSA) is 70.4 Å². The van der Waals surface area contributed by atoms with E-state index in [1.54, 1.807) is 43.3 Å². The van der Waals surface area contributed by atoms with Crippen molar-refractivity contribution < 1.29 is 18.7 Å². The first-order chi connectivity index (χ1) is 13.5. The van der Waals surface area contributed by atoms with Gasteiger partial charge in [-0.05, 0) is 43.2 Å². The second-order valence-corrected chi connectivity index (χ2v) is 7.15. The average Bonchev–Trinajstić information content (AvgIpc) is 3.01. The van der Waals surface area contributed by atoms with E-state index in [-0.39, 0.29) is 28.9 Å². The van der Waals surface area contributed by atoms with Crippen molar-refractivity contribution in [3.05, 3.63) is 76.6 Å². The highest BCUT2D eigenvalue weighted by molar-refractivity contribution is 8.05. The maximum absolute atomic E-state index is 13.2. The number of nitrogens with zero attached hydrogens (tertiary/aromatic N) is 2. The number of hydrogen-bond donors (Lipinski definition) is 0. The summed E-state index contributed by atoms with van der Waals surface area (Å²) >= 11 is 1.15. The number of halogens is 1. The molecule has 28 heavy (non-hydrogen) atoms. The summed E-state index contributed by atoms with van der Waals surface area (Å²) in [4.78, 5) is 26.8. The molecular formula is C21H17FN2O3S. The van der Waals surface area contributed by atoms with E-state index in [0.717, 1.165) is 17.3 Å². The van der Waals surface area contributed by atoms with E-state index in [1.807, 2.05) is 12.1 Å². The van der Waals surface area contributed by atoms with Crippen molar-refractivity contribution in [1.29, 1.82) is 5.26 Å². The lowest BCUT2D eigenvalue weighted by Gasteiger charge is -2.18. The minimum absolute atomic E-state index is 0.125. The molecule has 0 N–H and O–H groups in total. The van der Waals surface area contributed by atoms with Crippen molar-refractivity contribution in [3.8, 4) is 6.07 Å². The largest absolute Gasteiger partial charge is 0.462 e. The van der Waals surface area contributed by atoms with Crippen LogP contribution in [0.1, 0.15) is 12.5 Å². The molecule has 0 aliphatic carbocycles. The number of hydrogen-bond acceptors (Lipinski definition) is 5. The lowest BCUT2D eigenvalue weighted by molar-refractivity contribution is -0.138. The highest BCUT2D eigenvalue weighted by Crippen LogP contribution is 2.41. The molecule has 0 bridgehead atoms. The Bertz CT molecular complexity index is 952. The maximum Gasteiger partial charge on any atom is 0.351 e. The molecule has 0 radical (unpaired) electrons. The van der Waals surface area contributed by atoms with Gasteiger partial charge in [-0.1, -0.05) is 42.1 Å². The number of nitriles is 1. The lowest BCUT2D eigenvalue weighted by Crippen LogP contribution is -2.30. The summed E-state index contributed by atoms with van der Waals surface area (Å²) in [7, 11) is 0. The van der Waals surface area contributed by atoms with Crippen molar-refractivity contribution in [3.63, 3.8) is 0 Å². The normalized spacial score (nSPS) is 18.0. The number of thioether (sulfide) groups is 1. The molecule has 2 aromatic carbocycles. The Morgan fingerprint density at radius 3 is 2.50 bits per heavy atom. The first-order valence-electron chi connectivity index (χ1n) is 8.66. The molecule has 1 amide bonds. The summed E-state index contributed by atoms with van der Waals surface area (Å²) < 4.78 is 18.1. The molecule has 3 rings (SSSR count). The third kappa shape index (κ3) is 4.07. The highest BCUT2D eigenvalue weighted by atomic mass is 32.2. The molecule has 2 aromatic rings. The van der Waals surface area contributed by atoms with Crippen LogP contribution in [0, 0.1) is 17.1 Å². The minimum Gasteiger partial charge on any atom is -0.462 e. The number of rotatable bonds is 5. The molecule has 1 unspecified atom stereocenters. The molecule has 1 aliphatic heterocycles. The van der Waals surface area contributed by atoms with Crippen molar-refractivity contribution in [1.82, 2.24) is 0 Å². The molecule has 1 fully saturated rings. The number of amides is 1. The Balaban J connectivity index is 2.01. The standard InChI is InChI=1S/C21H17FN2O3S/c1-2-27-21(26)17(13-23)20-24(16-6-4-3-5-7-16)19(25)18(28-20)12-14-8-10-15(22)11-9-14/h3-11,18H,2,12H2,1H3/b20-17-. The van der Waals surface area contributed by atoms with Crippen LogP contribution in [0.2, 0.25) is 0 Å². The number of anilines is 1. The summed E-state index contributed by atoms with van der Waals surface area (Å²) in [6, 6.07) is 16.6. The monoisotopic (exact) mass is 396 g/mol. The Kier molecular flexibility index (Phi) is 6.12. The molecule has 7 heteroatoms. The van der Waals surface area contributed by atoms with Crippen molar-refractivity contribution in [2.75, 3.05) is 11.5 Å². The molecular weight excluding hydrogens is 379 g/mol. The molecule has 1 heterocycles. The summed E-state index contributed by atoms with van der Waals surface area (Å²) in [6.45, 7) is 1.77. The van der Waals surface area contributed by atoms with Crippen LogP contribution < -0.4 is 4.90 Å². The van der Waals surface area contributed by atoms with Crippen molar-refractivity contribution in [2.45, 2.75) is 18.6 Å². The van der Waals surface area contributed by atoms with Gasteiger partial charge in [-0.25, -0.2) is 9.18 Å². The SMILES string of the molecule is CCOC(=O)/C(C#N)=C1\SC(Cc2ccc(F)cc2)C(=O)N1c1ccccc1. The molecule has 142 valence electrons. The number of carbonyl (C=O) groups is 2. The van der Waals surface area contributed by atoms with E-state index in [2.05, 4.69) is 0 Å². The smallest absolute Gasteiger partial charge is 0.351 e. The van der Waals surface area contributed by atoms with Gasteiger partial charge in [0.2, 0.25) is 5.91 Å². The van der Waals surface area contributed by atoms with Crippen LogP contribution in [0.15, 0.2) is 65.2 Å². The van der Waals surface area contributed by atoms with Crippen LogP contribution in [-0.2, 0) is 20.7 Å². The van der Waals surface area contributed by atoms with Crippen LogP contribution in [0.5, 0.6) is 0 Å². The van der Waals surface area contributed by atoms with Gasteiger partial charge in [-0.2, -0.15) is 5.26 Å². The van der Waals surface area contributed by atoms with Crippen LogP contribution in [-0.4, -0.2) is 23.7 Å². The predicted molar refractivity (Wildman–Crippen MR) is 105 cm³/mol. The highest BCUT2D eigenvalue weighted by Gasteiger charge is 2.41. The summed E-state index contributed by atoms with van der Waals surface area (Å²) in [5.74, 6) is -1.36. The zero-order chi connectivity index (χ0) is 20.1. The summed E-state index contributed by atoms with van der Waals surface area (Å²) in [5.41, 5.74) is 1.15. The van der Waals surface area contributed by atoms with E-state index in [4.69, 9.17) is 4.74 Å². The lowest BCUT2D eigenvalue weighted by atomic mass is 10.1. The number of para-hydroxylation sites is 1. The van der Waals surface area contributed by atoms with Crippen LogP contribution in [0.4, 0.5) is 10.1 Å². The quantitative estimate of drug-likeness (QED) is 0.437. The molecule has 1 saturated heterocycles. The average molecular weight is 396 g/mol. The maximum atomic E-state index is 13.2. The Morgan fingerprint density at radius 2 is 1.89 bits per heavy atom. The second-order valence-electron chi connectivity index (χ2n) is 5.96. The van der Waals surface area contributed by atoms with Crippen molar-refractivity contribution in [2.24, 2.45) is 0 Å². The van der Waals surface area contributed by atoms with Gasteiger partial charge in [-0.3, -0.25) is 9.69 Å². The van der Waals surface area contributed by atoms with E-state index in [0.29, 0.717) is 12.1 Å². The number of benzene rings is 2. The van der Waals surface area contributed by atoms with Crippen LogP contribution >= 0.6 is 11.8 Å². The van der Waals surface area contributed by atoms with Gasteiger partial charge in [0, 0.05) is 5.69 Å². The van der Waals surface area contributed by atoms with Gasteiger partial charge < -0.3 is 4.74 Å². The van der Waals surface area contributed by atoms with Gasteiger partial charge in [0.05, 0.1) is 11.9 Å². The molecule has 5 nitrogen and oxygen atoms in total. The van der Waals surface area contributed by atoms with Crippen LogP contribution in [0.25, 0.3) is 0 Å². The van der Waals surface area contributed by atoms with E-state index in [1.165, 1.54) is 17.0 Å². The zero-order valence-electron chi connectivity index (χ0n) is 15.1. The number of carbonyl (C=O) groups excluding carboxylic acids is 2. The van der Waals surface area contributed by atoms with E-state index >= 15 is 0 Å². The van der Waals surface area contributed by atoms with Gasteiger partial charge in [0.15, 0.2) is 5.57 Å². The first kappa shape index (κ1) is 19.6. The molecule has 0 spiro atoms. The number of ether oxygens (including phenoxy) is 1. The Labute approximate surface area is 166 Å². The second kappa shape index (κ2) is 8.72.